The first-order valence-electron chi connectivity index (χ1n) is 5.30. The fourth-order valence-corrected chi connectivity index (χ4v) is 2.70. The van der Waals surface area contributed by atoms with E-state index in [1.807, 2.05) is 13.0 Å². The summed E-state index contributed by atoms with van der Waals surface area (Å²) in [4.78, 5) is 5.46. The fraction of sp³-hybridized carbons (Fsp3) is 0.308. The summed E-state index contributed by atoms with van der Waals surface area (Å²) < 4.78 is 0. The second-order valence-corrected chi connectivity index (χ2v) is 5.04. The molecule has 1 heterocycles. The molecule has 0 saturated heterocycles. The van der Waals surface area contributed by atoms with Gasteiger partial charge in [-0.25, -0.2) is 4.98 Å². The SMILES string of the molecule is Cc1cccc(-c2nc(C)c([C@@H](C)O)s2)c1. The molecule has 0 aliphatic rings. The van der Waals surface area contributed by atoms with Gasteiger partial charge in [0.1, 0.15) is 5.01 Å². The number of aromatic nitrogens is 1. The second kappa shape index (κ2) is 4.36. The van der Waals surface area contributed by atoms with Crippen molar-refractivity contribution in [1.82, 2.24) is 4.98 Å². The van der Waals surface area contributed by atoms with Crippen molar-refractivity contribution in [3.8, 4) is 10.6 Å². The Hall–Kier alpha value is -1.19. The summed E-state index contributed by atoms with van der Waals surface area (Å²) in [7, 11) is 0. The first-order chi connectivity index (χ1) is 7.58. The van der Waals surface area contributed by atoms with Gasteiger partial charge in [0.2, 0.25) is 0 Å². The van der Waals surface area contributed by atoms with Crippen LogP contribution < -0.4 is 0 Å². The smallest absolute Gasteiger partial charge is 0.123 e. The van der Waals surface area contributed by atoms with E-state index in [4.69, 9.17) is 0 Å². The molecule has 1 N–H and O–H groups in total. The fourth-order valence-electron chi connectivity index (χ4n) is 1.70. The highest BCUT2D eigenvalue weighted by molar-refractivity contribution is 7.15. The maximum Gasteiger partial charge on any atom is 0.123 e. The van der Waals surface area contributed by atoms with Crippen LogP contribution in [0.2, 0.25) is 0 Å². The van der Waals surface area contributed by atoms with Crippen LogP contribution in [0.25, 0.3) is 10.6 Å². The van der Waals surface area contributed by atoms with Crippen molar-refractivity contribution in [3.63, 3.8) is 0 Å². The minimum Gasteiger partial charge on any atom is -0.388 e. The zero-order chi connectivity index (χ0) is 11.7. The van der Waals surface area contributed by atoms with Crippen LogP contribution in [0.3, 0.4) is 0 Å². The maximum atomic E-state index is 9.59. The zero-order valence-corrected chi connectivity index (χ0v) is 10.5. The molecule has 0 saturated carbocycles. The summed E-state index contributed by atoms with van der Waals surface area (Å²) in [6.45, 7) is 5.79. The van der Waals surface area contributed by atoms with Crippen molar-refractivity contribution in [2.24, 2.45) is 0 Å². The molecule has 0 spiro atoms. The molecule has 0 radical (unpaired) electrons. The van der Waals surface area contributed by atoms with Crippen LogP contribution >= 0.6 is 11.3 Å². The predicted octanol–water partition coefficient (Wildman–Crippen LogP) is 3.48. The van der Waals surface area contributed by atoms with Gasteiger partial charge in [-0.1, -0.05) is 23.8 Å². The molecule has 2 aromatic rings. The van der Waals surface area contributed by atoms with Gasteiger partial charge in [-0.05, 0) is 26.8 Å². The minimum atomic E-state index is -0.434. The van der Waals surface area contributed by atoms with Gasteiger partial charge in [-0.15, -0.1) is 11.3 Å². The van der Waals surface area contributed by atoms with Gasteiger partial charge in [-0.3, -0.25) is 0 Å². The van der Waals surface area contributed by atoms with Gasteiger partial charge >= 0.3 is 0 Å². The van der Waals surface area contributed by atoms with Gasteiger partial charge in [0.25, 0.3) is 0 Å². The topological polar surface area (TPSA) is 33.1 Å². The highest BCUT2D eigenvalue weighted by Crippen LogP contribution is 2.31. The van der Waals surface area contributed by atoms with E-state index in [0.717, 1.165) is 21.1 Å². The molecule has 0 unspecified atom stereocenters. The van der Waals surface area contributed by atoms with E-state index in [2.05, 4.69) is 30.1 Å². The van der Waals surface area contributed by atoms with Gasteiger partial charge in [-0.2, -0.15) is 0 Å². The average molecular weight is 233 g/mol. The Morgan fingerprint density at radius 2 is 2.06 bits per heavy atom. The van der Waals surface area contributed by atoms with Gasteiger partial charge in [0, 0.05) is 5.56 Å². The Morgan fingerprint density at radius 3 is 2.62 bits per heavy atom. The highest BCUT2D eigenvalue weighted by Gasteiger charge is 2.12. The molecule has 0 aliphatic heterocycles. The molecule has 1 atom stereocenters. The molecule has 2 nitrogen and oxygen atoms in total. The van der Waals surface area contributed by atoms with Crippen LogP contribution in [-0.2, 0) is 0 Å². The summed E-state index contributed by atoms with van der Waals surface area (Å²) in [5.41, 5.74) is 3.28. The third kappa shape index (κ3) is 2.15. The summed E-state index contributed by atoms with van der Waals surface area (Å²) in [6, 6.07) is 8.27. The normalized spacial score (nSPS) is 12.8. The van der Waals surface area contributed by atoms with E-state index < -0.39 is 6.10 Å². The Labute approximate surface area is 99.6 Å². The number of aliphatic hydroxyl groups excluding tert-OH is 1. The van der Waals surface area contributed by atoms with Crippen molar-refractivity contribution in [1.29, 1.82) is 0 Å². The molecular formula is C13H15NOS. The molecule has 1 aromatic carbocycles. The summed E-state index contributed by atoms with van der Waals surface area (Å²) in [5.74, 6) is 0. The number of aryl methyl sites for hydroxylation is 2. The number of aliphatic hydroxyl groups is 1. The van der Waals surface area contributed by atoms with Gasteiger partial charge < -0.3 is 5.11 Å². The number of hydrogen-bond acceptors (Lipinski definition) is 3. The third-order valence-corrected chi connectivity index (χ3v) is 3.85. The van der Waals surface area contributed by atoms with Crippen LogP contribution in [0.15, 0.2) is 24.3 Å². The zero-order valence-electron chi connectivity index (χ0n) is 9.69. The summed E-state index contributed by atoms with van der Waals surface area (Å²) >= 11 is 1.57. The molecule has 0 bridgehead atoms. The molecular weight excluding hydrogens is 218 g/mol. The van der Waals surface area contributed by atoms with Crippen molar-refractivity contribution >= 4 is 11.3 Å². The number of benzene rings is 1. The molecule has 0 amide bonds. The first-order valence-corrected chi connectivity index (χ1v) is 6.12. The van der Waals surface area contributed by atoms with Crippen molar-refractivity contribution < 1.29 is 5.11 Å². The van der Waals surface area contributed by atoms with E-state index in [-0.39, 0.29) is 0 Å². The molecule has 0 aliphatic carbocycles. The van der Waals surface area contributed by atoms with Crippen LogP contribution in [0, 0.1) is 13.8 Å². The van der Waals surface area contributed by atoms with Crippen LogP contribution in [-0.4, -0.2) is 10.1 Å². The third-order valence-electron chi connectivity index (χ3n) is 2.48. The number of thiazole rings is 1. The quantitative estimate of drug-likeness (QED) is 0.861. The van der Waals surface area contributed by atoms with Crippen LogP contribution in [0.4, 0.5) is 0 Å². The Kier molecular flexibility index (Phi) is 3.08. The lowest BCUT2D eigenvalue weighted by Crippen LogP contribution is -1.88. The lowest BCUT2D eigenvalue weighted by Gasteiger charge is -1.99. The number of hydrogen-bond donors (Lipinski definition) is 1. The highest BCUT2D eigenvalue weighted by atomic mass is 32.1. The number of nitrogens with zero attached hydrogens (tertiary/aromatic N) is 1. The average Bonchev–Trinajstić information content (AvgIpc) is 2.60. The summed E-state index contributed by atoms with van der Waals surface area (Å²) in [5, 5.41) is 10.6. The van der Waals surface area contributed by atoms with Gasteiger partial charge in [0.05, 0.1) is 16.7 Å². The van der Waals surface area contributed by atoms with Crippen LogP contribution in [0.5, 0.6) is 0 Å². The van der Waals surface area contributed by atoms with Crippen LogP contribution in [0.1, 0.15) is 29.2 Å². The van der Waals surface area contributed by atoms with Crippen molar-refractivity contribution in [2.75, 3.05) is 0 Å². The monoisotopic (exact) mass is 233 g/mol. The second-order valence-electron chi connectivity index (χ2n) is 4.01. The van der Waals surface area contributed by atoms with E-state index in [1.54, 1.807) is 18.3 Å². The maximum absolute atomic E-state index is 9.59. The molecule has 1 aromatic heterocycles. The molecule has 16 heavy (non-hydrogen) atoms. The summed E-state index contributed by atoms with van der Waals surface area (Å²) in [6.07, 6.45) is -0.434. The predicted molar refractivity (Wildman–Crippen MR) is 67.7 cm³/mol. The van der Waals surface area contributed by atoms with E-state index >= 15 is 0 Å². The molecule has 0 fully saturated rings. The van der Waals surface area contributed by atoms with E-state index in [1.165, 1.54) is 5.56 Å². The Bertz CT molecular complexity index is 502. The molecule has 2 rings (SSSR count). The lowest BCUT2D eigenvalue weighted by atomic mass is 10.1. The standard InChI is InChI=1S/C13H15NOS/c1-8-5-4-6-11(7-8)13-14-9(2)12(16-13)10(3)15/h4-7,10,15H,1-3H3/t10-/m1/s1. The number of rotatable bonds is 2. The first kappa shape index (κ1) is 11.3. The van der Waals surface area contributed by atoms with Crippen molar-refractivity contribution in [2.45, 2.75) is 26.9 Å². The van der Waals surface area contributed by atoms with Crippen molar-refractivity contribution in [3.05, 3.63) is 40.4 Å². The Balaban J connectivity index is 2.45. The molecule has 3 heteroatoms. The van der Waals surface area contributed by atoms with E-state index in [9.17, 15) is 5.11 Å². The minimum absolute atomic E-state index is 0.434. The van der Waals surface area contributed by atoms with Gasteiger partial charge in [0.15, 0.2) is 0 Å². The molecule has 84 valence electrons. The lowest BCUT2D eigenvalue weighted by molar-refractivity contribution is 0.202. The largest absolute Gasteiger partial charge is 0.388 e. The van der Waals surface area contributed by atoms with E-state index in [0.29, 0.717) is 0 Å². The Morgan fingerprint density at radius 1 is 1.31 bits per heavy atom.